The summed E-state index contributed by atoms with van der Waals surface area (Å²) in [7, 11) is 3.75. The zero-order chi connectivity index (χ0) is 8.97. The number of nitrogens with zero attached hydrogens (tertiary/aromatic N) is 1. The van der Waals surface area contributed by atoms with Gasteiger partial charge in [-0.1, -0.05) is 0 Å². The third-order valence-corrected chi connectivity index (χ3v) is 1.44. The molecule has 0 saturated carbocycles. The summed E-state index contributed by atoms with van der Waals surface area (Å²) in [5.41, 5.74) is 0. The Balaban J connectivity index is 0.00000144. The Kier molecular flexibility index (Phi) is 5.42. The van der Waals surface area contributed by atoms with Crippen molar-refractivity contribution >= 4 is 18.2 Å². The first-order chi connectivity index (χ1) is 5.68. The molecule has 1 rings (SSSR count). The van der Waals surface area contributed by atoms with Crippen LogP contribution in [0, 0.1) is 0 Å². The predicted octanol–water partition coefficient (Wildman–Crippen LogP) is 1.37. The average molecular weight is 204 g/mol. The van der Waals surface area contributed by atoms with Gasteiger partial charge in [-0.15, -0.1) is 12.4 Å². The van der Waals surface area contributed by atoms with E-state index in [0.29, 0.717) is 13.0 Å². The molecule has 0 atom stereocenters. The van der Waals surface area contributed by atoms with Crippen molar-refractivity contribution in [2.45, 2.75) is 6.42 Å². The number of rotatable bonds is 4. The first-order valence-corrected chi connectivity index (χ1v) is 3.87. The van der Waals surface area contributed by atoms with Crippen molar-refractivity contribution < 1.29 is 9.21 Å². The summed E-state index contributed by atoms with van der Waals surface area (Å²) in [6, 6.07) is 3.60. The van der Waals surface area contributed by atoms with Gasteiger partial charge in [-0.25, -0.2) is 0 Å². The van der Waals surface area contributed by atoms with Crippen LogP contribution in [-0.2, 0) is 11.2 Å². The monoisotopic (exact) mass is 203 g/mol. The van der Waals surface area contributed by atoms with Gasteiger partial charge in [0.05, 0.1) is 19.2 Å². The van der Waals surface area contributed by atoms with Crippen LogP contribution in [0.3, 0.4) is 0 Å². The molecule has 0 aromatic carbocycles. The molecule has 0 amide bonds. The fraction of sp³-hybridized carbons (Fsp3) is 0.444. The average Bonchev–Trinajstić information content (AvgIpc) is 2.37. The van der Waals surface area contributed by atoms with Crippen molar-refractivity contribution in [2.24, 2.45) is 0 Å². The summed E-state index contributed by atoms with van der Waals surface area (Å²) < 4.78 is 5.05. The van der Waals surface area contributed by atoms with Crippen molar-refractivity contribution in [1.82, 2.24) is 4.90 Å². The fourth-order valence-corrected chi connectivity index (χ4v) is 1.02. The number of carbonyl (C=O) groups is 1. The van der Waals surface area contributed by atoms with Crippen molar-refractivity contribution in [3.05, 3.63) is 24.2 Å². The Bertz CT molecular complexity index is 244. The molecule has 0 aliphatic heterocycles. The smallest absolute Gasteiger partial charge is 0.154 e. The number of carbonyl (C=O) groups excluding carboxylic acids is 1. The van der Waals surface area contributed by atoms with E-state index >= 15 is 0 Å². The van der Waals surface area contributed by atoms with Crippen LogP contribution in [0.4, 0.5) is 0 Å². The quantitative estimate of drug-likeness (QED) is 0.741. The molecule has 1 heterocycles. The van der Waals surface area contributed by atoms with E-state index in [1.165, 1.54) is 0 Å². The summed E-state index contributed by atoms with van der Waals surface area (Å²) in [4.78, 5) is 13.1. The Morgan fingerprint density at radius 1 is 1.54 bits per heavy atom. The number of hydrogen-bond acceptors (Lipinski definition) is 3. The molecule has 1 aromatic rings. The van der Waals surface area contributed by atoms with Gasteiger partial charge in [0.1, 0.15) is 5.76 Å². The van der Waals surface area contributed by atoms with E-state index in [4.69, 9.17) is 4.42 Å². The van der Waals surface area contributed by atoms with Gasteiger partial charge in [0, 0.05) is 0 Å². The van der Waals surface area contributed by atoms with E-state index in [9.17, 15) is 4.79 Å². The van der Waals surface area contributed by atoms with Crippen LogP contribution in [0.15, 0.2) is 22.8 Å². The second kappa shape index (κ2) is 5.78. The molecule has 74 valence electrons. The molecule has 0 aliphatic rings. The summed E-state index contributed by atoms with van der Waals surface area (Å²) in [6.45, 7) is 0.473. The fourth-order valence-electron chi connectivity index (χ4n) is 1.02. The minimum atomic E-state index is 0. The third kappa shape index (κ3) is 4.70. The van der Waals surface area contributed by atoms with E-state index in [2.05, 4.69) is 0 Å². The molecule has 0 aliphatic carbocycles. The van der Waals surface area contributed by atoms with Crippen LogP contribution in [0.2, 0.25) is 0 Å². The van der Waals surface area contributed by atoms with Crippen LogP contribution in [-0.4, -0.2) is 31.3 Å². The molecule has 0 N–H and O–H groups in total. The van der Waals surface area contributed by atoms with Crippen LogP contribution in [0.5, 0.6) is 0 Å². The van der Waals surface area contributed by atoms with E-state index in [-0.39, 0.29) is 18.2 Å². The zero-order valence-electron chi connectivity index (χ0n) is 7.82. The molecular weight excluding hydrogens is 190 g/mol. The highest BCUT2D eigenvalue weighted by molar-refractivity contribution is 5.85. The summed E-state index contributed by atoms with van der Waals surface area (Å²) in [6.07, 6.45) is 1.98. The molecular formula is C9H14ClNO2. The topological polar surface area (TPSA) is 33.5 Å². The molecule has 13 heavy (non-hydrogen) atoms. The highest BCUT2D eigenvalue weighted by Gasteiger charge is 2.05. The molecule has 4 heteroatoms. The van der Waals surface area contributed by atoms with Crippen molar-refractivity contribution in [2.75, 3.05) is 20.6 Å². The molecule has 0 unspecified atom stereocenters. The normalized spacial score (nSPS) is 9.77. The Morgan fingerprint density at radius 3 is 2.69 bits per heavy atom. The van der Waals surface area contributed by atoms with E-state index in [1.807, 2.05) is 25.1 Å². The Hall–Kier alpha value is -0.800. The van der Waals surface area contributed by atoms with Gasteiger partial charge in [-0.2, -0.15) is 0 Å². The third-order valence-electron chi connectivity index (χ3n) is 1.44. The molecule has 0 bridgehead atoms. The van der Waals surface area contributed by atoms with Gasteiger partial charge in [-0.05, 0) is 26.2 Å². The molecule has 3 nitrogen and oxygen atoms in total. The largest absolute Gasteiger partial charge is 0.469 e. The lowest BCUT2D eigenvalue weighted by Gasteiger charge is -2.06. The summed E-state index contributed by atoms with van der Waals surface area (Å²) in [5.74, 6) is 0.914. The molecule has 0 spiro atoms. The first kappa shape index (κ1) is 12.2. The summed E-state index contributed by atoms with van der Waals surface area (Å²) >= 11 is 0. The molecule has 0 saturated heterocycles. The van der Waals surface area contributed by atoms with Crippen LogP contribution in [0.25, 0.3) is 0 Å². The predicted molar refractivity (Wildman–Crippen MR) is 53.2 cm³/mol. The maximum atomic E-state index is 11.2. The van der Waals surface area contributed by atoms with E-state index < -0.39 is 0 Å². The number of Topliss-reactive ketones (excluding diaryl/α,β-unsaturated/α-hetero) is 1. The molecule has 1 aromatic heterocycles. The second-order valence-electron chi connectivity index (χ2n) is 3.03. The lowest BCUT2D eigenvalue weighted by atomic mass is 10.2. The minimum absolute atomic E-state index is 0. The van der Waals surface area contributed by atoms with Crippen molar-refractivity contribution in [3.63, 3.8) is 0 Å². The van der Waals surface area contributed by atoms with Crippen LogP contribution >= 0.6 is 12.4 Å². The standard InChI is InChI=1S/C9H13NO2.ClH/c1-10(2)7-8(11)6-9-4-3-5-12-9;/h3-5H,6-7H2,1-2H3;1H. The maximum Gasteiger partial charge on any atom is 0.154 e. The lowest BCUT2D eigenvalue weighted by molar-refractivity contribution is -0.119. The van der Waals surface area contributed by atoms with E-state index in [0.717, 1.165) is 5.76 Å². The van der Waals surface area contributed by atoms with Gasteiger partial charge in [0.2, 0.25) is 0 Å². The maximum absolute atomic E-state index is 11.2. The zero-order valence-corrected chi connectivity index (χ0v) is 8.63. The van der Waals surface area contributed by atoms with Gasteiger partial charge in [0.25, 0.3) is 0 Å². The number of hydrogen-bond donors (Lipinski definition) is 0. The molecule has 0 radical (unpaired) electrons. The SMILES string of the molecule is CN(C)CC(=O)Cc1ccco1.Cl. The Labute approximate surface area is 84.1 Å². The van der Waals surface area contributed by atoms with Gasteiger partial charge in [0.15, 0.2) is 5.78 Å². The summed E-state index contributed by atoms with van der Waals surface area (Å²) in [5, 5.41) is 0. The highest BCUT2D eigenvalue weighted by atomic mass is 35.5. The number of halogens is 1. The number of furan rings is 1. The second-order valence-corrected chi connectivity index (χ2v) is 3.03. The first-order valence-electron chi connectivity index (χ1n) is 3.87. The molecule has 0 fully saturated rings. The van der Waals surface area contributed by atoms with Gasteiger partial charge in [-0.3, -0.25) is 4.79 Å². The van der Waals surface area contributed by atoms with Gasteiger partial charge >= 0.3 is 0 Å². The van der Waals surface area contributed by atoms with Crippen LogP contribution in [0.1, 0.15) is 5.76 Å². The van der Waals surface area contributed by atoms with Gasteiger partial charge < -0.3 is 9.32 Å². The number of ketones is 1. The Morgan fingerprint density at radius 2 is 2.23 bits per heavy atom. The van der Waals surface area contributed by atoms with Crippen molar-refractivity contribution in [3.8, 4) is 0 Å². The number of likely N-dealkylation sites (N-methyl/N-ethyl adjacent to an activating group) is 1. The lowest BCUT2D eigenvalue weighted by Crippen LogP contribution is -2.22. The van der Waals surface area contributed by atoms with E-state index in [1.54, 1.807) is 12.3 Å². The van der Waals surface area contributed by atoms with Crippen LogP contribution < -0.4 is 0 Å². The highest BCUT2D eigenvalue weighted by Crippen LogP contribution is 2.01. The minimum Gasteiger partial charge on any atom is -0.469 e. The van der Waals surface area contributed by atoms with Crippen molar-refractivity contribution in [1.29, 1.82) is 0 Å².